The van der Waals surface area contributed by atoms with E-state index in [9.17, 15) is 9.59 Å². The molecule has 0 radical (unpaired) electrons. The van der Waals surface area contributed by atoms with Gasteiger partial charge in [-0.2, -0.15) is 0 Å². The molecule has 0 saturated carbocycles. The van der Waals surface area contributed by atoms with Gasteiger partial charge in [0.1, 0.15) is 0 Å². The topological polar surface area (TPSA) is 40.6 Å². The molecule has 1 atom stereocenters. The maximum atomic E-state index is 13.5. The predicted octanol–water partition coefficient (Wildman–Crippen LogP) is 4.82. The fourth-order valence-electron chi connectivity index (χ4n) is 3.94. The van der Waals surface area contributed by atoms with Crippen molar-refractivity contribution in [1.82, 2.24) is 9.80 Å². The number of thiophene rings is 2. The van der Waals surface area contributed by atoms with Gasteiger partial charge in [0.2, 0.25) is 11.8 Å². The Hall–Kier alpha value is -2.44. The molecule has 30 heavy (non-hydrogen) atoms. The second-order valence-corrected chi connectivity index (χ2v) is 9.76. The molecule has 1 aromatic carbocycles. The summed E-state index contributed by atoms with van der Waals surface area (Å²) < 4.78 is 0. The predicted molar refractivity (Wildman–Crippen MR) is 122 cm³/mol. The second kappa shape index (κ2) is 10.0. The molecule has 6 heteroatoms. The lowest BCUT2D eigenvalue weighted by molar-refractivity contribution is -0.141. The molecule has 156 valence electrons. The van der Waals surface area contributed by atoms with Gasteiger partial charge in [-0.05, 0) is 41.3 Å². The highest BCUT2D eigenvalue weighted by molar-refractivity contribution is 7.10. The van der Waals surface area contributed by atoms with E-state index in [1.165, 1.54) is 9.75 Å². The molecule has 1 fully saturated rings. The van der Waals surface area contributed by atoms with Gasteiger partial charge in [-0.3, -0.25) is 9.59 Å². The Morgan fingerprint density at radius 1 is 0.933 bits per heavy atom. The van der Waals surface area contributed by atoms with Crippen molar-refractivity contribution in [1.29, 1.82) is 0 Å². The van der Waals surface area contributed by atoms with Crippen molar-refractivity contribution >= 4 is 34.5 Å². The Morgan fingerprint density at radius 3 is 2.20 bits per heavy atom. The number of carbonyl (C=O) groups is 2. The van der Waals surface area contributed by atoms with Crippen molar-refractivity contribution in [2.45, 2.75) is 32.4 Å². The van der Waals surface area contributed by atoms with Crippen molar-refractivity contribution in [2.24, 2.45) is 5.92 Å². The summed E-state index contributed by atoms with van der Waals surface area (Å²) in [6.45, 7) is 2.52. The highest BCUT2D eigenvalue weighted by Gasteiger charge is 2.31. The van der Waals surface area contributed by atoms with E-state index in [0.717, 1.165) is 24.9 Å². The smallest absolute Gasteiger partial charge is 0.228 e. The van der Waals surface area contributed by atoms with Crippen LogP contribution in [0.15, 0.2) is 65.4 Å². The molecule has 4 rings (SSSR count). The molecule has 4 nitrogen and oxygen atoms in total. The third-order valence-corrected chi connectivity index (χ3v) is 7.21. The van der Waals surface area contributed by atoms with E-state index in [1.807, 2.05) is 63.0 Å². The fourth-order valence-corrected chi connectivity index (χ4v) is 5.38. The lowest BCUT2D eigenvalue weighted by Crippen LogP contribution is -2.46. The maximum Gasteiger partial charge on any atom is 0.228 e. The first kappa shape index (κ1) is 20.8. The minimum Gasteiger partial charge on any atom is -0.342 e. The SMILES string of the molecule is O=C(Cc1ccccc1)N1CCCC(C(=O)N(Cc2cccs2)Cc2cccs2)C1. The Balaban J connectivity index is 1.43. The summed E-state index contributed by atoms with van der Waals surface area (Å²) in [7, 11) is 0. The van der Waals surface area contributed by atoms with Gasteiger partial charge < -0.3 is 9.80 Å². The third-order valence-electron chi connectivity index (χ3n) is 5.49. The van der Waals surface area contributed by atoms with Gasteiger partial charge in [-0.15, -0.1) is 22.7 Å². The van der Waals surface area contributed by atoms with Crippen LogP contribution in [-0.2, 0) is 29.1 Å². The molecule has 1 saturated heterocycles. The molecule has 3 aromatic rings. The number of carbonyl (C=O) groups excluding carboxylic acids is 2. The van der Waals surface area contributed by atoms with E-state index < -0.39 is 0 Å². The van der Waals surface area contributed by atoms with Gasteiger partial charge in [-0.25, -0.2) is 0 Å². The molecule has 0 bridgehead atoms. The first-order chi connectivity index (χ1) is 14.7. The van der Waals surface area contributed by atoms with Crippen molar-refractivity contribution < 1.29 is 9.59 Å². The average Bonchev–Trinajstić information content (AvgIpc) is 3.48. The Labute approximate surface area is 185 Å². The van der Waals surface area contributed by atoms with Gasteiger partial charge >= 0.3 is 0 Å². The molecule has 1 aliphatic heterocycles. The van der Waals surface area contributed by atoms with Gasteiger partial charge in [0.25, 0.3) is 0 Å². The summed E-state index contributed by atoms with van der Waals surface area (Å²) in [4.78, 5) is 32.5. The molecule has 1 aliphatic rings. The van der Waals surface area contributed by atoms with Crippen LogP contribution in [-0.4, -0.2) is 34.7 Å². The number of rotatable bonds is 7. The van der Waals surface area contributed by atoms with Crippen molar-refractivity contribution in [3.05, 3.63) is 80.7 Å². The van der Waals surface area contributed by atoms with E-state index in [1.54, 1.807) is 22.7 Å². The van der Waals surface area contributed by atoms with Crippen LogP contribution in [0, 0.1) is 5.92 Å². The van der Waals surface area contributed by atoms with Gasteiger partial charge in [0.15, 0.2) is 0 Å². The number of amides is 2. The number of likely N-dealkylation sites (tertiary alicyclic amines) is 1. The second-order valence-electron chi connectivity index (χ2n) is 7.69. The van der Waals surface area contributed by atoms with E-state index in [4.69, 9.17) is 0 Å². The van der Waals surface area contributed by atoms with Crippen LogP contribution in [0.4, 0.5) is 0 Å². The van der Waals surface area contributed by atoms with Crippen LogP contribution in [0.2, 0.25) is 0 Å². The van der Waals surface area contributed by atoms with Crippen molar-refractivity contribution in [2.75, 3.05) is 13.1 Å². The number of nitrogens with zero attached hydrogens (tertiary/aromatic N) is 2. The van der Waals surface area contributed by atoms with Crippen LogP contribution >= 0.6 is 22.7 Å². The average molecular weight is 439 g/mol. The van der Waals surface area contributed by atoms with Crippen LogP contribution in [0.25, 0.3) is 0 Å². The molecule has 0 spiro atoms. The molecular weight excluding hydrogens is 412 g/mol. The molecule has 0 aliphatic carbocycles. The van der Waals surface area contributed by atoms with Crippen LogP contribution < -0.4 is 0 Å². The normalized spacial score (nSPS) is 16.4. The summed E-state index contributed by atoms with van der Waals surface area (Å²) in [5.41, 5.74) is 1.02. The first-order valence-electron chi connectivity index (χ1n) is 10.3. The van der Waals surface area contributed by atoms with E-state index >= 15 is 0 Å². The number of hydrogen-bond acceptors (Lipinski definition) is 4. The Bertz CT molecular complexity index is 903. The van der Waals surface area contributed by atoms with Gasteiger partial charge in [0.05, 0.1) is 25.4 Å². The lowest BCUT2D eigenvalue weighted by Gasteiger charge is -2.35. The molecule has 2 amide bonds. The van der Waals surface area contributed by atoms with Crippen LogP contribution in [0.5, 0.6) is 0 Å². The van der Waals surface area contributed by atoms with E-state index in [-0.39, 0.29) is 17.7 Å². The number of benzene rings is 1. The number of hydrogen-bond donors (Lipinski definition) is 0. The highest BCUT2D eigenvalue weighted by atomic mass is 32.1. The number of piperidine rings is 1. The molecule has 0 N–H and O–H groups in total. The van der Waals surface area contributed by atoms with Gasteiger partial charge in [-0.1, -0.05) is 42.5 Å². The molecule has 3 heterocycles. The van der Waals surface area contributed by atoms with Gasteiger partial charge in [0, 0.05) is 22.8 Å². The van der Waals surface area contributed by atoms with Crippen molar-refractivity contribution in [3.8, 4) is 0 Å². The first-order valence-corrected chi connectivity index (χ1v) is 12.1. The quantitative estimate of drug-likeness (QED) is 0.531. The third kappa shape index (κ3) is 5.37. The summed E-state index contributed by atoms with van der Waals surface area (Å²) in [6, 6.07) is 18.0. The summed E-state index contributed by atoms with van der Waals surface area (Å²) in [5.74, 6) is 0.147. The largest absolute Gasteiger partial charge is 0.342 e. The monoisotopic (exact) mass is 438 g/mol. The zero-order valence-corrected chi connectivity index (χ0v) is 18.5. The minimum atomic E-state index is -0.126. The van der Waals surface area contributed by atoms with Crippen molar-refractivity contribution in [3.63, 3.8) is 0 Å². The van der Waals surface area contributed by atoms with E-state index in [0.29, 0.717) is 26.1 Å². The summed E-state index contributed by atoms with van der Waals surface area (Å²) >= 11 is 3.36. The Morgan fingerprint density at radius 2 is 1.60 bits per heavy atom. The van der Waals surface area contributed by atoms with E-state index in [2.05, 4.69) is 12.1 Å². The summed E-state index contributed by atoms with van der Waals surface area (Å²) in [5, 5.41) is 4.10. The molecule has 2 aromatic heterocycles. The van der Waals surface area contributed by atoms with Crippen LogP contribution in [0.3, 0.4) is 0 Å². The van der Waals surface area contributed by atoms with Crippen LogP contribution in [0.1, 0.15) is 28.2 Å². The standard InChI is InChI=1S/C24H26N2O2S2/c27-23(15-19-7-2-1-3-8-19)25-12-4-9-20(16-25)24(28)26(17-21-10-5-13-29-21)18-22-11-6-14-30-22/h1-3,5-8,10-11,13-14,20H,4,9,12,15-18H2. The zero-order valence-electron chi connectivity index (χ0n) is 16.9. The molecule has 1 unspecified atom stereocenters. The zero-order chi connectivity index (χ0) is 20.8. The molecular formula is C24H26N2O2S2. The fraction of sp³-hybridized carbons (Fsp3) is 0.333. The minimum absolute atomic E-state index is 0.113. The highest BCUT2D eigenvalue weighted by Crippen LogP contribution is 2.24. The lowest BCUT2D eigenvalue weighted by atomic mass is 9.95. The Kier molecular flexibility index (Phi) is 6.97. The maximum absolute atomic E-state index is 13.5. The summed E-state index contributed by atoms with van der Waals surface area (Å²) in [6.07, 6.45) is 2.12.